The van der Waals surface area contributed by atoms with Crippen molar-refractivity contribution in [3.63, 3.8) is 0 Å². The maximum Gasteiger partial charge on any atom is 0.262 e. The smallest absolute Gasteiger partial charge is 0.262 e. The predicted molar refractivity (Wildman–Crippen MR) is 125 cm³/mol. The molecular formula is C23H23BrN2O4S. The molecule has 0 saturated heterocycles. The third-order valence-corrected chi connectivity index (χ3v) is 6.46. The Morgan fingerprint density at radius 2 is 1.71 bits per heavy atom. The summed E-state index contributed by atoms with van der Waals surface area (Å²) in [5.41, 5.74) is 2.46. The van der Waals surface area contributed by atoms with Crippen LogP contribution in [0.1, 0.15) is 11.1 Å². The Bertz CT molecular complexity index is 1130. The van der Waals surface area contributed by atoms with E-state index >= 15 is 0 Å². The van der Waals surface area contributed by atoms with Gasteiger partial charge < -0.3 is 10.1 Å². The van der Waals surface area contributed by atoms with Crippen LogP contribution >= 0.6 is 15.9 Å². The first-order valence-electron chi connectivity index (χ1n) is 9.66. The highest BCUT2D eigenvalue weighted by Crippen LogP contribution is 2.22. The Morgan fingerprint density at radius 3 is 2.39 bits per heavy atom. The van der Waals surface area contributed by atoms with E-state index < -0.39 is 10.0 Å². The molecule has 2 N–H and O–H groups in total. The lowest BCUT2D eigenvalue weighted by Gasteiger charge is -2.11. The molecule has 162 valence electrons. The zero-order valence-corrected chi connectivity index (χ0v) is 19.4. The number of amides is 1. The van der Waals surface area contributed by atoms with Crippen molar-refractivity contribution in [2.45, 2.75) is 18.2 Å². The van der Waals surface area contributed by atoms with E-state index in [9.17, 15) is 13.2 Å². The number of halogens is 1. The number of hydrogen-bond donors (Lipinski definition) is 2. The van der Waals surface area contributed by atoms with Gasteiger partial charge in [-0.1, -0.05) is 46.3 Å². The van der Waals surface area contributed by atoms with Gasteiger partial charge in [0.05, 0.1) is 4.90 Å². The Labute approximate surface area is 190 Å². The van der Waals surface area contributed by atoms with Crippen molar-refractivity contribution in [3.05, 3.63) is 88.4 Å². The molecule has 3 aromatic carbocycles. The Hall–Kier alpha value is -2.68. The van der Waals surface area contributed by atoms with E-state index in [2.05, 4.69) is 26.0 Å². The minimum absolute atomic E-state index is 0.139. The number of ether oxygens (including phenoxy) is 1. The van der Waals surface area contributed by atoms with Gasteiger partial charge in [0.25, 0.3) is 5.91 Å². The molecule has 0 unspecified atom stereocenters. The van der Waals surface area contributed by atoms with Crippen molar-refractivity contribution < 1.29 is 17.9 Å². The van der Waals surface area contributed by atoms with E-state index in [1.165, 1.54) is 12.1 Å². The zero-order valence-electron chi connectivity index (χ0n) is 17.0. The first-order chi connectivity index (χ1) is 14.8. The maximum absolute atomic E-state index is 12.4. The normalized spacial score (nSPS) is 11.2. The Balaban J connectivity index is 1.51. The highest BCUT2D eigenvalue weighted by Gasteiger charge is 2.14. The molecule has 0 aliphatic heterocycles. The minimum Gasteiger partial charge on any atom is -0.483 e. The molecule has 31 heavy (non-hydrogen) atoms. The summed E-state index contributed by atoms with van der Waals surface area (Å²) in [6.45, 7) is 2.05. The molecule has 0 atom stereocenters. The second-order valence-corrected chi connectivity index (χ2v) is 9.59. The molecule has 0 radical (unpaired) electrons. The third-order valence-electron chi connectivity index (χ3n) is 4.49. The number of nitrogens with one attached hydrogen (secondary N) is 2. The number of benzene rings is 3. The lowest BCUT2D eigenvalue weighted by atomic mass is 10.2. The second kappa shape index (κ2) is 10.6. The number of carbonyl (C=O) groups is 1. The van der Waals surface area contributed by atoms with E-state index in [1.54, 1.807) is 18.2 Å². The fourth-order valence-electron chi connectivity index (χ4n) is 2.89. The van der Waals surface area contributed by atoms with Crippen LogP contribution in [0.3, 0.4) is 0 Å². The van der Waals surface area contributed by atoms with Crippen LogP contribution in [-0.4, -0.2) is 27.5 Å². The second-order valence-electron chi connectivity index (χ2n) is 6.90. The summed E-state index contributed by atoms with van der Waals surface area (Å²) in [6.07, 6.45) is 0.603. The van der Waals surface area contributed by atoms with Gasteiger partial charge in [-0.3, -0.25) is 4.79 Å². The third kappa shape index (κ3) is 6.92. The molecule has 0 bridgehead atoms. The van der Waals surface area contributed by atoms with E-state index in [-0.39, 0.29) is 17.4 Å². The summed E-state index contributed by atoms with van der Waals surface area (Å²) < 4.78 is 34.0. The minimum atomic E-state index is -3.62. The molecule has 0 heterocycles. The van der Waals surface area contributed by atoms with Crippen molar-refractivity contribution in [1.29, 1.82) is 0 Å². The fraction of sp³-hybridized carbons (Fsp3) is 0.174. The van der Waals surface area contributed by atoms with Gasteiger partial charge in [0.2, 0.25) is 10.0 Å². The fourth-order valence-corrected chi connectivity index (χ4v) is 4.40. The van der Waals surface area contributed by atoms with Crippen LogP contribution in [0.4, 0.5) is 5.69 Å². The average Bonchev–Trinajstić information content (AvgIpc) is 2.74. The molecule has 0 fully saturated rings. The van der Waals surface area contributed by atoms with E-state index in [0.717, 1.165) is 15.6 Å². The Kier molecular flexibility index (Phi) is 7.84. The van der Waals surface area contributed by atoms with Crippen LogP contribution in [0.15, 0.2) is 82.2 Å². The van der Waals surface area contributed by atoms with E-state index in [0.29, 0.717) is 24.4 Å². The lowest BCUT2D eigenvalue weighted by Crippen LogP contribution is -2.26. The first-order valence-corrected chi connectivity index (χ1v) is 11.9. The molecule has 0 aliphatic carbocycles. The summed E-state index contributed by atoms with van der Waals surface area (Å²) in [4.78, 5) is 12.3. The quantitative estimate of drug-likeness (QED) is 0.456. The predicted octanol–water partition coefficient (Wildman–Crippen LogP) is 4.30. The van der Waals surface area contributed by atoms with Gasteiger partial charge in [-0.25, -0.2) is 13.1 Å². The van der Waals surface area contributed by atoms with Gasteiger partial charge in [-0.2, -0.15) is 0 Å². The molecular weight excluding hydrogens is 480 g/mol. The van der Waals surface area contributed by atoms with Crippen molar-refractivity contribution >= 4 is 37.5 Å². The van der Waals surface area contributed by atoms with E-state index in [1.807, 2.05) is 49.4 Å². The molecule has 0 spiro atoms. The number of rotatable bonds is 9. The van der Waals surface area contributed by atoms with Crippen molar-refractivity contribution in [2.75, 3.05) is 18.5 Å². The molecule has 1 amide bonds. The number of carbonyl (C=O) groups excluding carboxylic acids is 1. The van der Waals surface area contributed by atoms with Crippen LogP contribution in [-0.2, 0) is 21.2 Å². The molecule has 3 rings (SSSR count). The van der Waals surface area contributed by atoms with Crippen LogP contribution in [0, 0.1) is 6.92 Å². The largest absolute Gasteiger partial charge is 0.483 e. The number of anilines is 1. The van der Waals surface area contributed by atoms with Crippen LogP contribution in [0.5, 0.6) is 5.75 Å². The van der Waals surface area contributed by atoms with Crippen molar-refractivity contribution in [2.24, 2.45) is 0 Å². The first kappa shape index (κ1) is 23.0. The number of aryl methyl sites for hydroxylation is 1. The molecule has 6 nitrogen and oxygen atoms in total. The van der Waals surface area contributed by atoms with E-state index in [4.69, 9.17) is 4.74 Å². The molecule has 8 heteroatoms. The van der Waals surface area contributed by atoms with Crippen LogP contribution < -0.4 is 14.8 Å². The molecule has 0 saturated carbocycles. The lowest BCUT2D eigenvalue weighted by molar-refractivity contribution is -0.118. The summed E-state index contributed by atoms with van der Waals surface area (Å²) in [6, 6.07) is 21.2. The van der Waals surface area contributed by atoms with Gasteiger partial charge >= 0.3 is 0 Å². The standard InChI is InChI=1S/C23H23BrN2O4S/c1-17-15-19(24)7-12-22(17)30-16-23(27)26-20-8-10-21(11-9-20)31(28,29)25-14-13-18-5-3-2-4-6-18/h2-12,15,25H,13-14,16H2,1H3,(H,26,27). The zero-order chi connectivity index (χ0) is 22.3. The SMILES string of the molecule is Cc1cc(Br)ccc1OCC(=O)Nc1ccc(S(=O)(=O)NCCc2ccccc2)cc1. The summed E-state index contributed by atoms with van der Waals surface area (Å²) in [7, 11) is -3.62. The number of hydrogen-bond acceptors (Lipinski definition) is 4. The average molecular weight is 503 g/mol. The van der Waals surface area contributed by atoms with Crippen LogP contribution in [0.2, 0.25) is 0 Å². The highest BCUT2D eigenvalue weighted by atomic mass is 79.9. The summed E-state index contributed by atoms with van der Waals surface area (Å²) in [5, 5.41) is 2.70. The van der Waals surface area contributed by atoms with Crippen molar-refractivity contribution in [3.8, 4) is 5.75 Å². The summed E-state index contributed by atoms with van der Waals surface area (Å²) >= 11 is 3.38. The Morgan fingerprint density at radius 1 is 1.00 bits per heavy atom. The van der Waals surface area contributed by atoms with Gasteiger partial charge in [-0.05, 0) is 66.9 Å². The monoisotopic (exact) mass is 502 g/mol. The molecule has 0 aliphatic rings. The highest BCUT2D eigenvalue weighted by molar-refractivity contribution is 9.10. The maximum atomic E-state index is 12.4. The topological polar surface area (TPSA) is 84.5 Å². The van der Waals surface area contributed by atoms with Crippen molar-refractivity contribution in [1.82, 2.24) is 4.72 Å². The molecule has 3 aromatic rings. The summed E-state index contributed by atoms with van der Waals surface area (Å²) in [5.74, 6) is 0.292. The van der Waals surface area contributed by atoms with Gasteiger partial charge in [0.1, 0.15) is 5.75 Å². The van der Waals surface area contributed by atoms with Crippen LogP contribution in [0.25, 0.3) is 0 Å². The van der Waals surface area contributed by atoms with Gasteiger partial charge in [0.15, 0.2) is 6.61 Å². The molecule has 0 aromatic heterocycles. The number of sulfonamides is 1. The van der Waals surface area contributed by atoms with Gasteiger partial charge in [-0.15, -0.1) is 0 Å². The van der Waals surface area contributed by atoms with Gasteiger partial charge in [0, 0.05) is 16.7 Å².